The van der Waals surface area contributed by atoms with Gasteiger partial charge in [-0.15, -0.1) is 0 Å². The van der Waals surface area contributed by atoms with Crippen LogP contribution in [0.25, 0.3) is 0 Å². The van der Waals surface area contributed by atoms with E-state index in [1.807, 2.05) is 13.1 Å². The Kier molecular flexibility index (Phi) is 5.81. The van der Waals surface area contributed by atoms with E-state index in [4.69, 9.17) is 0 Å². The van der Waals surface area contributed by atoms with Gasteiger partial charge in [-0.1, -0.05) is 20.8 Å². The van der Waals surface area contributed by atoms with E-state index in [2.05, 4.69) is 24.3 Å². The third-order valence-corrected chi connectivity index (χ3v) is 4.38. The molecule has 0 atom stereocenters. The van der Waals surface area contributed by atoms with Gasteiger partial charge in [0.05, 0.1) is 18.5 Å². The van der Waals surface area contributed by atoms with Gasteiger partial charge < -0.3 is 5.32 Å². The first-order valence-electron chi connectivity index (χ1n) is 6.38. The molecule has 0 aliphatic carbocycles. The number of nitrogens with one attached hydrogen (secondary N) is 1. The third-order valence-electron chi connectivity index (χ3n) is 2.55. The summed E-state index contributed by atoms with van der Waals surface area (Å²) in [7, 11) is -2.92. The van der Waals surface area contributed by atoms with Gasteiger partial charge in [0.25, 0.3) is 0 Å². The van der Waals surface area contributed by atoms with Crippen molar-refractivity contribution in [3.63, 3.8) is 0 Å². The molecule has 1 N–H and O–H groups in total. The minimum Gasteiger partial charge on any atom is -0.310 e. The number of hydrogen-bond donors (Lipinski definition) is 1. The number of aryl methyl sites for hydroxylation is 1. The topological polar surface area (TPSA) is 64.0 Å². The van der Waals surface area contributed by atoms with E-state index in [1.165, 1.54) is 0 Å². The Balaban J connectivity index is 2.44. The summed E-state index contributed by atoms with van der Waals surface area (Å²) in [4.78, 5) is 0. The minimum atomic E-state index is -2.92. The van der Waals surface area contributed by atoms with Crippen molar-refractivity contribution < 1.29 is 8.42 Å². The van der Waals surface area contributed by atoms with Gasteiger partial charge in [0, 0.05) is 30.1 Å². The molecule has 104 valence electrons. The highest BCUT2D eigenvalue weighted by Crippen LogP contribution is 2.00. The SMILES string of the molecule is CCCS(=O)(=O)CCn1cc(CNC(C)C)cn1. The number of hydrogen-bond acceptors (Lipinski definition) is 4. The number of nitrogens with zero attached hydrogens (tertiary/aromatic N) is 2. The van der Waals surface area contributed by atoms with Crippen LogP contribution in [0.15, 0.2) is 12.4 Å². The van der Waals surface area contributed by atoms with Crippen molar-refractivity contribution in [3.05, 3.63) is 18.0 Å². The van der Waals surface area contributed by atoms with Crippen LogP contribution < -0.4 is 5.32 Å². The molecule has 0 aliphatic rings. The Morgan fingerprint density at radius 1 is 1.39 bits per heavy atom. The molecule has 0 saturated heterocycles. The van der Waals surface area contributed by atoms with E-state index in [-0.39, 0.29) is 11.5 Å². The van der Waals surface area contributed by atoms with Gasteiger partial charge in [-0.2, -0.15) is 5.10 Å². The Labute approximate surface area is 109 Å². The number of sulfone groups is 1. The average molecular weight is 273 g/mol. The number of aromatic nitrogens is 2. The maximum atomic E-state index is 11.6. The predicted octanol–water partition coefficient (Wildman–Crippen LogP) is 1.21. The van der Waals surface area contributed by atoms with Crippen LogP contribution in [0, 0.1) is 0 Å². The summed E-state index contributed by atoms with van der Waals surface area (Å²) < 4.78 is 24.8. The summed E-state index contributed by atoms with van der Waals surface area (Å²) in [6.07, 6.45) is 4.35. The summed E-state index contributed by atoms with van der Waals surface area (Å²) in [5.74, 6) is 0.426. The molecule has 0 aliphatic heterocycles. The summed E-state index contributed by atoms with van der Waals surface area (Å²) in [5, 5.41) is 7.47. The zero-order valence-electron chi connectivity index (χ0n) is 11.4. The standard InChI is InChI=1S/C12H23N3O2S/c1-4-6-18(16,17)7-5-15-10-12(9-14-15)8-13-11(2)3/h9-11,13H,4-8H2,1-3H3. The molecule has 1 heterocycles. The molecule has 1 aromatic heterocycles. The van der Waals surface area contributed by atoms with Gasteiger partial charge in [-0.05, 0) is 6.42 Å². The monoisotopic (exact) mass is 273 g/mol. The van der Waals surface area contributed by atoms with Crippen molar-refractivity contribution in [1.29, 1.82) is 0 Å². The summed E-state index contributed by atoms with van der Waals surface area (Å²) in [5.41, 5.74) is 1.08. The van der Waals surface area contributed by atoms with Crippen molar-refractivity contribution in [2.45, 2.75) is 46.3 Å². The second-order valence-corrected chi connectivity index (χ2v) is 7.10. The smallest absolute Gasteiger partial charge is 0.152 e. The van der Waals surface area contributed by atoms with Crippen molar-refractivity contribution in [3.8, 4) is 0 Å². The normalized spacial score (nSPS) is 12.2. The van der Waals surface area contributed by atoms with Crippen LogP contribution in [-0.2, 0) is 22.9 Å². The Morgan fingerprint density at radius 3 is 2.72 bits per heavy atom. The molecule has 18 heavy (non-hydrogen) atoms. The molecule has 0 unspecified atom stereocenters. The van der Waals surface area contributed by atoms with Crippen LogP contribution in [0.2, 0.25) is 0 Å². The second kappa shape index (κ2) is 6.89. The molecule has 0 aromatic carbocycles. The molecule has 5 nitrogen and oxygen atoms in total. The van der Waals surface area contributed by atoms with E-state index in [0.717, 1.165) is 12.1 Å². The lowest BCUT2D eigenvalue weighted by molar-refractivity contribution is 0.578. The van der Waals surface area contributed by atoms with Crippen LogP contribution in [0.1, 0.15) is 32.8 Å². The highest BCUT2D eigenvalue weighted by Gasteiger charge is 2.09. The first kappa shape index (κ1) is 15.2. The van der Waals surface area contributed by atoms with Gasteiger partial charge in [-0.3, -0.25) is 4.68 Å². The molecule has 0 spiro atoms. The van der Waals surface area contributed by atoms with Crippen LogP contribution >= 0.6 is 0 Å². The quantitative estimate of drug-likeness (QED) is 0.773. The van der Waals surface area contributed by atoms with Crippen molar-refractivity contribution in [2.24, 2.45) is 0 Å². The maximum absolute atomic E-state index is 11.6. The lowest BCUT2D eigenvalue weighted by atomic mass is 10.3. The van der Waals surface area contributed by atoms with Crippen molar-refractivity contribution >= 4 is 9.84 Å². The first-order chi connectivity index (χ1) is 8.43. The van der Waals surface area contributed by atoms with E-state index in [9.17, 15) is 8.42 Å². The lowest BCUT2D eigenvalue weighted by Gasteiger charge is -2.05. The molecule has 0 amide bonds. The molecule has 6 heteroatoms. The molecule has 0 radical (unpaired) electrons. The second-order valence-electron chi connectivity index (χ2n) is 4.80. The summed E-state index contributed by atoms with van der Waals surface area (Å²) in [6, 6.07) is 0.429. The van der Waals surface area contributed by atoms with E-state index in [1.54, 1.807) is 10.9 Å². The number of rotatable bonds is 8. The van der Waals surface area contributed by atoms with E-state index < -0.39 is 9.84 Å². The zero-order valence-corrected chi connectivity index (χ0v) is 12.2. The van der Waals surface area contributed by atoms with Crippen molar-refractivity contribution in [1.82, 2.24) is 15.1 Å². The van der Waals surface area contributed by atoms with Crippen molar-refractivity contribution in [2.75, 3.05) is 11.5 Å². The van der Waals surface area contributed by atoms with Gasteiger partial charge in [0.1, 0.15) is 0 Å². The van der Waals surface area contributed by atoms with Gasteiger partial charge in [-0.25, -0.2) is 8.42 Å². The van der Waals surface area contributed by atoms with Crippen LogP contribution in [-0.4, -0.2) is 35.7 Å². The molecule has 1 rings (SSSR count). The van der Waals surface area contributed by atoms with Crippen LogP contribution in [0.4, 0.5) is 0 Å². The fourth-order valence-corrected chi connectivity index (χ4v) is 2.88. The molecule has 0 bridgehead atoms. The van der Waals surface area contributed by atoms with Crippen LogP contribution in [0.5, 0.6) is 0 Å². The lowest BCUT2D eigenvalue weighted by Crippen LogP contribution is -2.21. The molecule has 1 aromatic rings. The zero-order chi connectivity index (χ0) is 13.6. The maximum Gasteiger partial charge on any atom is 0.152 e. The van der Waals surface area contributed by atoms with Gasteiger partial charge in [0.2, 0.25) is 0 Å². The predicted molar refractivity (Wildman–Crippen MR) is 73.1 cm³/mol. The summed E-state index contributed by atoms with van der Waals surface area (Å²) in [6.45, 7) is 7.24. The molecule has 0 saturated carbocycles. The van der Waals surface area contributed by atoms with Gasteiger partial charge >= 0.3 is 0 Å². The fraction of sp³-hybridized carbons (Fsp3) is 0.750. The average Bonchev–Trinajstić information content (AvgIpc) is 2.72. The van der Waals surface area contributed by atoms with E-state index >= 15 is 0 Å². The minimum absolute atomic E-state index is 0.166. The highest BCUT2D eigenvalue weighted by atomic mass is 32.2. The van der Waals surface area contributed by atoms with Crippen LogP contribution in [0.3, 0.4) is 0 Å². The molecule has 0 fully saturated rings. The van der Waals surface area contributed by atoms with Gasteiger partial charge in [0.15, 0.2) is 9.84 Å². The summed E-state index contributed by atoms with van der Waals surface area (Å²) >= 11 is 0. The molecular formula is C12H23N3O2S. The first-order valence-corrected chi connectivity index (χ1v) is 8.20. The fourth-order valence-electron chi connectivity index (χ4n) is 1.59. The van der Waals surface area contributed by atoms with E-state index in [0.29, 0.717) is 19.0 Å². The third kappa shape index (κ3) is 5.64. The highest BCUT2D eigenvalue weighted by molar-refractivity contribution is 7.91. The Hall–Kier alpha value is -0.880. The Morgan fingerprint density at radius 2 is 2.11 bits per heavy atom. The Bertz CT molecular complexity index is 452. The molecular weight excluding hydrogens is 250 g/mol. The largest absolute Gasteiger partial charge is 0.310 e.